The maximum absolute atomic E-state index is 11.5. The van der Waals surface area contributed by atoms with Gasteiger partial charge in [-0.15, -0.1) is 0 Å². The number of hydrogen-bond acceptors (Lipinski definition) is 4. The molecule has 1 fully saturated rings. The highest BCUT2D eigenvalue weighted by Gasteiger charge is 2.27. The molecule has 1 atom stereocenters. The molecule has 0 aromatic carbocycles. The average Bonchev–Trinajstić information content (AvgIpc) is 2.34. The van der Waals surface area contributed by atoms with Gasteiger partial charge < -0.3 is 0 Å². The molecule has 0 N–H and O–H groups in total. The van der Waals surface area contributed by atoms with Gasteiger partial charge in [-0.25, -0.2) is 8.42 Å². The van der Waals surface area contributed by atoms with Crippen LogP contribution in [0.3, 0.4) is 0 Å². The molecule has 1 aliphatic heterocycles. The van der Waals surface area contributed by atoms with Crippen LogP contribution in [0, 0.1) is 0 Å². The molecule has 0 amide bonds. The highest BCUT2D eigenvalue weighted by Crippen LogP contribution is 2.13. The lowest BCUT2D eigenvalue weighted by molar-refractivity contribution is 0.221. The lowest BCUT2D eigenvalue weighted by atomic mass is 10.1. The largest absolute Gasteiger partial charge is 0.299 e. The molecule has 0 spiro atoms. The Morgan fingerprint density at radius 3 is 2.21 bits per heavy atom. The van der Waals surface area contributed by atoms with Crippen molar-refractivity contribution in [1.82, 2.24) is 4.90 Å². The molecule has 114 valence electrons. The Kier molecular flexibility index (Phi) is 8.42. The van der Waals surface area contributed by atoms with Gasteiger partial charge in [-0.3, -0.25) is 4.90 Å². The molecule has 1 heterocycles. The summed E-state index contributed by atoms with van der Waals surface area (Å²) in [6.07, 6.45) is 9.00. The summed E-state index contributed by atoms with van der Waals surface area (Å²) >= 11 is 4.21. The van der Waals surface area contributed by atoms with Crippen molar-refractivity contribution < 1.29 is 8.42 Å². The van der Waals surface area contributed by atoms with E-state index in [4.69, 9.17) is 0 Å². The number of rotatable bonds is 9. The maximum atomic E-state index is 11.5. The van der Waals surface area contributed by atoms with E-state index in [0.29, 0.717) is 11.5 Å². The summed E-state index contributed by atoms with van der Waals surface area (Å²) < 4.78 is 23.0. The summed E-state index contributed by atoms with van der Waals surface area (Å²) in [5, 5.41) is 0. The van der Waals surface area contributed by atoms with Crippen LogP contribution < -0.4 is 0 Å². The molecule has 1 unspecified atom stereocenters. The van der Waals surface area contributed by atoms with Gasteiger partial charge in [-0.2, -0.15) is 12.6 Å². The van der Waals surface area contributed by atoms with E-state index >= 15 is 0 Å². The average molecular weight is 308 g/mol. The highest BCUT2D eigenvalue weighted by atomic mass is 32.2. The van der Waals surface area contributed by atoms with Gasteiger partial charge in [0, 0.05) is 12.6 Å². The molecule has 3 nitrogen and oxygen atoms in total. The zero-order chi connectivity index (χ0) is 14.1. The van der Waals surface area contributed by atoms with Crippen molar-refractivity contribution in [2.75, 3.05) is 30.3 Å². The van der Waals surface area contributed by atoms with E-state index in [9.17, 15) is 8.42 Å². The first-order valence-corrected chi connectivity index (χ1v) is 10.1. The molecule has 1 saturated heterocycles. The monoisotopic (exact) mass is 307 g/mol. The van der Waals surface area contributed by atoms with Crippen LogP contribution in [0.2, 0.25) is 0 Å². The maximum Gasteiger partial charge on any atom is 0.153 e. The molecule has 1 rings (SSSR count). The summed E-state index contributed by atoms with van der Waals surface area (Å²) in [4.78, 5) is 2.34. The van der Waals surface area contributed by atoms with Crippen LogP contribution in [-0.4, -0.2) is 49.7 Å². The predicted molar refractivity (Wildman–Crippen MR) is 85.9 cm³/mol. The van der Waals surface area contributed by atoms with Crippen molar-refractivity contribution in [3.63, 3.8) is 0 Å². The topological polar surface area (TPSA) is 37.4 Å². The SMILES string of the molecule is CC1CS(=O)(=O)CCN1CCCCCCCCCS. The van der Waals surface area contributed by atoms with Gasteiger partial charge in [0.2, 0.25) is 0 Å². The van der Waals surface area contributed by atoms with E-state index in [1.165, 1.54) is 44.9 Å². The number of nitrogens with zero attached hydrogens (tertiary/aromatic N) is 1. The standard InChI is InChI=1S/C14H29NO2S2/c1-14-13-19(16,17)12-10-15(14)9-7-5-3-2-4-6-8-11-18/h14,18H,2-13H2,1H3. The van der Waals surface area contributed by atoms with Crippen molar-refractivity contribution in [2.45, 2.75) is 57.9 Å². The van der Waals surface area contributed by atoms with E-state index in [-0.39, 0.29) is 6.04 Å². The van der Waals surface area contributed by atoms with E-state index in [2.05, 4.69) is 17.5 Å². The van der Waals surface area contributed by atoms with Crippen molar-refractivity contribution in [1.29, 1.82) is 0 Å². The Bertz CT molecular complexity index is 330. The van der Waals surface area contributed by atoms with E-state index in [1.807, 2.05) is 6.92 Å². The Balaban J connectivity index is 2.01. The van der Waals surface area contributed by atoms with Crippen molar-refractivity contribution in [3.05, 3.63) is 0 Å². The second-order valence-electron chi connectivity index (χ2n) is 5.70. The van der Waals surface area contributed by atoms with Gasteiger partial charge in [0.15, 0.2) is 9.84 Å². The molecule has 5 heteroatoms. The summed E-state index contributed by atoms with van der Waals surface area (Å²) in [5.41, 5.74) is 0. The minimum absolute atomic E-state index is 0.203. The van der Waals surface area contributed by atoms with Crippen LogP contribution in [0.1, 0.15) is 51.9 Å². The first-order chi connectivity index (χ1) is 9.05. The molecule has 0 aromatic heterocycles. The van der Waals surface area contributed by atoms with Crippen LogP contribution in [-0.2, 0) is 9.84 Å². The van der Waals surface area contributed by atoms with Gasteiger partial charge in [-0.1, -0.05) is 32.1 Å². The lowest BCUT2D eigenvalue weighted by Crippen LogP contribution is -2.47. The first kappa shape index (κ1) is 17.3. The number of unbranched alkanes of at least 4 members (excludes halogenated alkanes) is 6. The molecular formula is C14H29NO2S2. The summed E-state index contributed by atoms with van der Waals surface area (Å²) in [6, 6.07) is 0.203. The van der Waals surface area contributed by atoms with Crippen molar-refractivity contribution in [2.24, 2.45) is 0 Å². The first-order valence-electron chi connectivity index (χ1n) is 7.60. The van der Waals surface area contributed by atoms with Gasteiger partial charge >= 0.3 is 0 Å². The van der Waals surface area contributed by atoms with Crippen molar-refractivity contribution >= 4 is 22.5 Å². The molecule has 0 aliphatic carbocycles. The van der Waals surface area contributed by atoms with Crippen molar-refractivity contribution in [3.8, 4) is 0 Å². The second-order valence-corrected chi connectivity index (χ2v) is 8.37. The normalized spacial score (nSPS) is 23.6. The third-order valence-corrected chi connectivity index (χ3v) is 6.02. The minimum Gasteiger partial charge on any atom is -0.299 e. The third kappa shape index (κ3) is 7.57. The minimum atomic E-state index is -2.76. The molecular weight excluding hydrogens is 278 g/mol. The van der Waals surface area contributed by atoms with E-state index in [0.717, 1.165) is 18.8 Å². The molecule has 19 heavy (non-hydrogen) atoms. The Morgan fingerprint density at radius 2 is 1.63 bits per heavy atom. The van der Waals surface area contributed by atoms with Crippen LogP contribution in [0.25, 0.3) is 0 Å². The van der Waals surface area contributed by atoms with Crippen LogP contribution in [0.15, 0.2) is 0 Å². The summed E-state index contributed by atoms with van der Waals surface area (Å²) in [6.45, 7) is 3.83. The fraction of sp³-hybridized carbons (Fsp3) is 1.00. The fourth-order valence-electron chi connectivity index (χ4n) is 2.68. The quantitative estimate of drug-likeness (QED) is 0.526. The van der Waals surface area contributed by atoms with E-state index in [1.54, 1.807) is 0 Å². The highest BCUT2D eigenvalue weighted by molar-refractivity contribution is 7.91. The van der Waals surface area contributed by atoms with Gasteiger partial charge in [0.25, 0.3) is 0 Å². The van der Waals surface area contributed by atoms with Crippen LogP contribution in [0.5, 0.6) is 0 Å². The zero-order valence-corrected chi connectivity index (χ0v) is 13.9. The number of sulfone groups is 1. The summed E-state index contributed by atoms with van der Waals surface area (Å²) in [7, 11) is -2.76. The molecule has 0 bridgehead atoms. The lowest BCUT2D eigenvalue weighted by Gasteiger charge is -2.33. The van der Waals surface area contributed by atoms with E-state index < -0.39 is 9.84 Å². The summed E-state index contributed by atoms with van der Waals surface area (Å²) in [5.74, 6) is 1.70. The third-order valence-electron chi connectivity index (χ3n) is 3.91. The Labute approximate surface area is 124 Å². The van der Waals surface area contributed by atoms with Gasteiger partial charge in [-0.05, 0) is 32.1 Å². The second kappa shape index (κ2) is 9.24. The molecule has 0 aromatic rings. The van der Waals surface area contributed by atoms with Crippen LogP contribution in [0.4, 0.5) is 0 Å². The molecule has 1 aliphatic rings. The Morgan fingerprint density at radius 1 is 1.05 bits per heavy atom. The predicted octanol–water partition coefficient (Wildman–Crippen LogP) is 2.77. The number of thiol groups is 1. The Hall–Kier alpha value is 0.260. The molecule has 0 saturated carbocycles. The van der Waals surface area contributed by atoms with Gasteiger partial charge in [0.05, 0.1) is 11.5 Å². The molecule has 0 radical (unpaired) electrons. The fourth-order valence-corrected chi connectivity index (χ4v) is 4.52. The smallest absolute Gasteiger partial charge is 0.153 e. The zero-order valence-electron chi connectivity index (χ0n) is 12.2. The van der Waals surface area contributed by atoms with Crippen LogP contribution >= 0.6 is 12.6 Å². The number of hydrogen-bond donors (Lipinski definition) is 1. The van der Waals surface area contributed by atoms with Gasteiger partial charge in [0.1, 0.15) is 0 Å².